The summed E-state index contributed by atoms with van der Waals surface area (Å²) >= 11 is 0. The zero-order chi connectivity index (χ0) is 19.3. The first-order chi connectivity index (χ1) is 13.6. The van der Waals surface area contributed by atoms with Crippen LogP contribution in [0.1, 0.15) is 18.2 Å². The summed E-state index contributed by atoms with van der Waals surface area (Å²) in [5.74, 6) is 0.412. The number of rotatable bonds is 1. The summed E-state index contributed by atoms with van der Waals surface area (Å²) in [4.78, 5) is 32.3. The van der Waals surface area contributed by atoms with Crippen molar-refractivity contribution in [3.05, 3.63) is 59.8 Å². The van der Waals surface area contributed by atoms with E-state index < -0.39 is 6.10 Å². The highest BCUT2D eigenvalue weighted by molar-refractivity contribution is 5.96. The number of anilines is 1. The Morgan fingerprint density at radius 3 is 2.75 bits per heavy atom. The molecule has 1 aromatic heterocycles. The zero-order valence-electron chi connectivity index (χ0n) is 15.6. The van der Waals surface area contributed by atoms with Crippen LogP contribution >= 0.6 is 0 Å². The predicted molar refractivity (Wildman–Crippen MR) is 106 cm³/mol. The fraction of sp³-hybridized carbons (Fsp3) is 0.273. The fourth-order valence-corrected chi connectivity index (χ4v) is 4.22. The molecule has 2 aliphatic heterocycles. The van der Waals surface area contributed by atoms with Crippen LogP contribution < -0.4 is 9.64 Å². The molecule has 0 fully saturated rings. The summed E-state index contributed by atoms with van der Waals surface area (Å²) in [5.41, 5.74) is 4.20. The predicted octanol–water partition coefficient (Wildman–Crippen LogP) is 2.87. The molecule has 1 atom stereocenters. The van der Waals surface area contributed by atoms with Gasteiger partial charge in [0.15, 0.2) is 6.10 Å². The number of aromatic amines is 1. The molecule has 1 unspecified atom stereocenters. The highest BCUT2D eigenvalue weighted by Crippen LogP contribution is 2.34. The molecule has 2 aromatic carbocycles. The first-order valence-electron chi connectivity index (χ1n) is 9.53. The number of amides is 2. The van der Waals surface area contributed by atoms with Crippen molar-refractivity contribution in [3.63, 3.8) is 0 Å². The molecule has 0 saturated carbocycles. The Balaban J connectivity index is 1.42. The standard InChI is InChI=1S/C22H21N3O3/c1-14(26)25-13-21(28-20-9-5-4-8-19(20)25)22(27)24-11-10-18-16(12-24)15-6-2-3-7-17(15)23-18/h2-9,21,23H,10-13H2,1H3. The van der Waals surface area contributed by atoms with E-state index in [0.29, 0.717) is 18.8 Å². The minimum absolute atomic E-state index is 0.0725. The molecule has 0 spiro atoms. The maximum absolute atomic E-state index is 13.3. The van der Waals surface area contributed by atoms with Gasteiger partial charge < -0.3 is 19.5 Å². The molecular formula is C22H21N3O3. The number of benzene rings is 2. The second kappa shape index (κ2) is 6.41. The number of hydrogen-bond donors (Lipinski definition) is 1. The van der Waals surface area contributed by atoms with E-state index in [1.165, 1.54) is 18.2 Å². The van der Waals surface area contributed by atoms with E-state index in [1.54, 1.807) is 11.0 Å². The molecule has 2 amide bonds. The number of para-hydroxylation sites is 3. The van der Waals surface area contributed by atoms with Crippen molar-refractivity contribution in [3.8, 4) is 5.75 Å². The van der Waals surface area contributed by atoms with Crippen molar-refractivity contribution in [2.45, 2.75) is 26.0 Å². The summed E-state index contributed by atoms with van der Waals surface area (Å²) in [6, 6.07) is 15.5. The van der Waals surface area contributed by atoms with Gasteiger partial charge in [0.05, 0.1) is 12.2 Å². The van der Waals surface area contributed by atoms with Crippen LogP contribution in [0.15, 0.2) is 48.5 Å². The number of hydrogen-bond acceptors (Lipinski definition) is 3. The second-order valence-corrected chi connectivity index (χ2v) is 7.34. The monoisotopic (exact) mass is 375 g/mol. The van der Waals surface area contributed by atoms with Gasteiger partial charge in [0.1, 0.15) is 5.75 Å². The molecule has 1 N–H and O–H groups in total. The van der Waals surface area contributed by atoms with E-state index in [9.17, 15) is 9.59 Å². The summed E-state index contributed by atoms with van der Waals surface area (Å²) in [6.45, 7) is 2.95. The summed E-state index contributed by atoms with van der Waals surface area (Å²) < 4.78 is 5.99. The Labute approximate surface area is 162 Å². The van der Waals surface area contributed by atoms with Gasteiger partial charge in [-0.3, -0.25) is 9.59 Å². The van der Waals surface area contributed by atoms with Crippen LogP contribution in [0.25, 0.3) is 10.9 Å². The highest BCUT2D eigenvalue weighted by Gasteiger charge is 2.36. The van der Waals surface area contributed by atoms with Crippen LogP contribution in [0.5, 0.6) is 5.75 Å². The van der Waals surface area contributed by atoms with E-state index in [1.807, 2.05) is 35.2 Å². The second-order valence-electron chi connectivity index (χ2n) is 7.34. The zero-order valence-corrected chi connectivity index (χ0v) is 15.6. The van der Waals surface area contributed by atoms with Crippen LogP contribution in [-0.4, -0.2) is 40.9 Å². The van der Waals surface area contributed by atoms with Gasteiger partial charge >= 0.3 is 0 Å². The molecule has 3 heterocycles. The van der Waals surface area contributed by atoms with Crippen molar-refractivity contribution >= 4 is 28.4 Å². The average molecular weight is 375 g/mol. The molecule has 28 heavy (non-hydrogen) atoms. The maximum atomic E-state index is 13.3. The highest BCUT2D eigenvalue weighted by atomic mass is 16.5. The van der Waals surface area contributed by atoms with Gasteiger partial charge in [0, 0.05) is 48.6 Å². The smallest absolute Gasteiger partial charge is 0.265 e. The van der Waals surface area contributed by atoms with Crippen molar-refractivity contribution in [1.29, 1.82) is 0 Å². The lowest BCUT2D eigenvalue weighted by Gasteiger charge is -2.37. The summed E-state index contributed by atoms with van der Waals surface area (Å²) in [5, 5.41) is 1.16. The molecule has 0 bridgehead atoms. The van der Waals surface area contributed by atoms with Gasteiger partial charge in [-0.15, -0.1) is 0 Å². The van der Waals surface area contributed by atoms with E-state index in [0.717, 1.165) is 23.0 Å². The van der Waals surface area contributed by atoms with E-state index in [2.05, 4.69) is 17.1 Å². The first kappa shape index (κ1) is 16.9. The van der Waals surface area contributed by atoms with Crippen LogP contribution in [0.3, 0.4) is 0 Å². The molecule has 5 rings (SSSR count). The van der Waals surface area contributed by atoms with E-state index in [-0.39, 0.29) is 18.4 Å². The van der Waals surface area contributed by atoms with Gasteiger partial charge in [-0.1, -0.05) is 30.3 Å². The topological polar surface area (TPSA) is 65.6 Å². The van der Waals surface area contributed by atoms with E-state index in [4.69, 9.17) is 4.74 Å². The van der Waals surface area contributed by atoms with Crippen molar-refractivity contribution < 1.29 is 14.3 Å². The van der Waals surface area contributed by atoms with Crippen LogP contribution in [0, 0.1) is 0 Å². The number of nitrogens with zero attached hydrogens (tertiary/aromatic N) is 2. The molecule has 6 nitrogen and oxygen atoms in total. The maximum Gasteiger partial charge on any atom is 0.265 e. The van der Waals surface area contributed by atoms with Crippen molar-refractivity contribution in [2.75, 3.05) is 18.0 Å². The van der Waals surface area contributed by atoms with Crippen LogP contribution in [0.4, 0.5) is 5.69 Å². The lowest BCUT2D eigenvalue weighted by atomic mass is 10.0. The van der Waals surface area contributed by atoms with Gasteiger partial charge in [-0.25, -0.2) is 0 Å². The van der Waals surface area contributed by atoms with Crippen molar-refractivity contribution in [1.82, 2.24) is 9.88 Å². The normalized spacial score (nSPS) is 18.4. The lowest BCUT2D eigenvalue weighted by molar-refractivity contribution is -0.139. The molecule has 0 radical (unpaired) electrons. The van der Waals surface area contributed by atoms with Crippen LogP contribution in [-0.2, 0) is 22.6 Å². The number of H-pyrrole nitrogens is 1. The van der Waals surface area contributed by atoms with Gasteiger partial charge in [-0.2, -0.15) is 0 Å². The number of ether oxygens (including phenoxy) is 1. The molecule has 0 aliphatic carbocycles. The Kier molecular flexibility index (Phi) is 3.86. The number of aromatic nitrogens is 1. The molecule has 0 saturated heterocycles. The third-order valence-corrected chi connectivity index (χ3v) is 5.62. The molecule has 142 valence electrons. The van der Waals surface area contributed by atoms with Gasteiger partial charge in [0.25, 0.3) is 5.91 Å². The summed E-state index contributed by atoms with van der Waals surface area (Å²) in [7, 11) is 0. The third-order valence-electron chi connectivity index (χ3n) is 5.62. The number of carbonyl (C=O) groups is 2. The minimum atomic E-state index is -0.689. The summed E-state index contributed by atoms with van der Waals surface area (Å²) in [6.07, 6.45) is 0.0979. The number of nitrogens with one attached hydrogen (secondary N) is 1. The average Bonchev–Trinajstić information content (AvgIpc) is 3.10. The van der Waals surface area contributed by atoms with Gasteiger partial charge in [0.2, 0.25) is 5.91 Å². The Hall–Kier alpha value is -3.28. The Bertz CT molecular complexity index is 1090. The van der Waals surface area contributed by atoms with Crippen LogP contribution in [0.2, 0.25) is 0 Å². The molecular weight excluding hydrogens is 354 g/mol. The Morgan fingerprint density at radius 2 is 1.89 bits per heavy atom. The number of carbonyl (C=O) groups excluding carboxylic acids is 2. The largest absolute Gasteiger partial charge is 0.476 e. The molecule has 3 aromatic rings. The van der Waals surface area contributed by atoms with E-state index >= 15 is 0 Å². The SMILES string of the molecule is CC(=O)N1CC(C(=O)N2CCc3[nH]c4ccccc4c3C2)Oc2ccccc21. The third kappa shape index (κ3) is 2.64. The molecule has 2 aliphatic rings. The quantitative estimate of drug-likeness (QED) is 0.711. The fourth-order valence-electron chi connectivity index (χ4n) is 4.22. The first-order valence-corrected chi connectivity index (χ1v) is 9.53. The minimum Gasteiger partial charge on any atom is -0.476 e. The Morgan fingerprint density at radius 1 is 1.11 bits per heavy atom. The van der Waals surface area contributed by atoms with Crippen molar-refractivity contribution in [2.24, 2.45) is 0 Å². The lowest BCUT2D eigenvalue weighted by Crippen LogP contribution is -2.52. The van der Waals surface area contributed by atoms with Gasteiger partial charge in [-0.05, 0) is 18.2 Å². The number of fused-ring (bicyclic) bond motifs is 4. The molecule has 6 heteroatoms.